The van der Waals surface area contributed by atoms with Gasteiger partial charge in [-0.15, -0.1) is 0 Å². The van der Waals surface area contributed by atoms with E-state index in [4.69, 9.17) is 9.15 Å². The Balaban J connectivity index is 1.61. The summed E-state index contributed by atoms with van der Waals surface area (Å²) in [5.41, 5.74) is 0. The second-order valence-corrected chi connectivity index (χ2v) is 3.70. The quantitative estimate of drug-likeness (QED) is 0.775. The Morgan fingerprint density at radius 1 is 1.29 bits per heavy atom. The lowest BCUT2D eigenvalue weighted by Crippen LogP contribution is -2.20. The van der Waals surface area contributed by atoms with Gasteiger partial charge in [-0.3, -0.25) is 0 Å². The van der Waals surface area contributed by atoms with Crippen LogP contribution in [0.4, 0.5) is 0 Å². The van der Waals surface area contributed by atoms with E-state index in [1.165, 1.54) is 0 Å². The summed E-state index contributed by atoms with van der Waals surface area (Å²) in [6.07, 6.45) is 1.72. The van der Waals surface area contributed by atoms with Gasteiger partial charge in [-0.05, 0) is 19.1 Å². The molecule has 2 aromatic rings. The predicted octanol–water partition coefficient (Wildman–Crippen LogP) is 2.15. The van der Waals surface area contributed by atoms with E-state index in [0.29, 0.717) is 19.0 Å². The summed E-state index contributed by atoms with van der Waals surface area (Å²) in [6, 6.07) is 9.77. The predicted molar refractivity (Wildman–Crippen MR) is 64.9 cm³/mol. The molecule has 0 bridgehead atoms. The smallest absolute Gasteiger partial charge is 0.208 e. The highest BCUT2D eigenvalue weighted by atomic mass is 16.5. The van der Waals surface area contributed by atoms with E-state index in [2.05, 4.69) is 10.3 Å². The minimum atomic E-state index is 0.629. The van der Waals surface area contributed by atoms with E-state index in [9.17, 15) is 0 Å². The third-order valence-electron chi connectivity index (χ3n) is 2.24. The number of para-hydroxylation sites is 1. The van der Waals surface area contributed by atoms with Crippen LogP contribution in [0.15, 0.2) is 40.9 Å². The molecule has 0 saturated heterocycles. The van der Waals surface area contributed by atoms with Crippen molar-refractivity contribution in [1.82, 2.24) is 10.3 Å². The molecule has 90 valence electrons. The van der Waals surface area contributed by atoms with Gasteiger partial charge in [0.05, 0.1) is 12.7 Å². The summed E-state index contributed by atoms with van der Waals surface area (Å²) < 4.78 is 10.9. The minimum Gasteiger partial charge on any atom is -0.492 e. The Hall–Kier alpha value is -1.81. The summed E-state index contributed by atoms with van der Waals surface area (Å²) in [4.78, 5) is 4.10. The van der Waals surface area contributed by atoms with Crippen molar-refractivity contribution >= 4 is 0 Å². The highest BCUT2D eigenvalue weighted by molar-refractivity contribution is 5.20. The molecule has 0 amide bonds. The Morgan fingerprint density at radius 2 is 2.12 bits per heavy atom. The molecule has 0 aliphatic heterocycles. The number of nitrogens with zero attached hydrogens (tertiary/aromatic N) is 1. The first-order valence-corrected chi connectivity index (χ1v) is 5.64. The molecule has 0 atom stereocenters. The lowest BCUT2D eigenvalue weighted by Gasteiger charge is -2.05. The molecule has 0 fully saturated rings. The van der Waals surface area contributed by atoms with Gasteiger partial charge in [0.1, 0.15) is 18.1 Å². The van der Waals surface area contributed by atoms with E-state index in [1.807, 2.05) is 37.3 Å². The average molecular weight is 232 g/mol. The fourth-order valence-electron chi connectivity index (χ4n) is 1.44. The van der Waals surface area contributed by atoms with E-state index in [0.717, 1.165) is 18.1 Å². The van der Waals surface area contributed by atoms with Crippen LogP contribution in [-0.2, 0) is 6.54 Å². The molecule has 1 aromatic heterocycles. The standard InChI is InChI=1S/C13H16N2O2/c1-11-9-15-13(17-11)10-14-7-8-16-12-5-3-2-4-6-12/h2-6,9,14H,7-8,10H2,1H3. The number of hydrogen-bond donors (Lipinski definition) is 1. The van der Waals surface area contributed by atoms with Gasteiger partial charge in [-0.1, -0.05) is 18.2 Å². The molecule has 1 N–H and O–H groups in total. The van der Waals surface area contributed by atoms with Crippen molar-refractivity contribution in [2.24, 2.45) is 0 Å². The van der Waals surface area contributed by atoms with Crippen molar-refractivity contribution in [2.45, 2.75) is 13.5 Å². The zero-order valence-electron chi connectivity index (χ0n) is 9.85. The van der Waals surface area contributed by atoms with Gasteiger partial charge < -0.3 is 14.5 Å². The monoisotopic (exact) mass is 232 g/mol. The van der Waals surface area contributed by atoms with Gasteiger partial charge in [-0.25, -0.2) is 4.98 Å². The Morgan fingerprint density at radius 3 is 2.82 bits per heavy atom. The van der Waals surface area contributed by atoms with Crippen molar-refractivity contribution in [3.63, 3.8) is 0 Å². The van der Waals surface area contributed by atoms with Crippen LogP contribution in [0.25, 0.3) is 0 Å². The topological polar surface area (TPSA) is 47.3 Å². The highest BCUT2D eigenvalue weighted by Crippen LogP contribution is 2.07. The number of rotatable bonds is 6. The van der Waals surface area contributed by atoms with Gasteiger partial charge in [0.15, 0.2) is 0 Å². The van der Waals surface area contributed by atoms with Crippen LogP contribution < -0.4 is 10.1 Å². The van der Waals surface area contributed by atoms with Crippen LogP contribution >= 0.6 is 0 Å². The molecule has 4 nitrogen and oxygen atoms in total. The molecule has 0 aliphatic rings. The number of nitrogens with one attached hydrogen (secondary N) is 1. The molecule has 0 saturated carbocycles. The maximum absolute atomic E-state index is 5.54. The molecule has 0 unspecified atom stereocenters. The second-order valence-electron chi connectivity index (χ2n) is 3.70. The number of hydrogen-bond acceptors (Lipinski definition) is 4. The summed E-state index contributed by atoms with van der Waals surface area (Å²) in [5, 5.41) is 3.20. The molecule has 2 rings (SSSR count). The normalized spacial score (nSPS) is 10.4. The van der Waals surface area contributed by atoms with Crippen LogP contribution in [-0.4, -0.2) is 18.1 Å². The summed E-state index contributed by atoms with van der Waals surface area (Å²) in [5.74, 6) is 2.44. The first-order valence-electron chi connectivity index (χ1n) is 5.64. The number of oxazole rings is 1. The van der Waals surface area contributed by atoms with E-state index < -0.39 is 0 Å². The molecule has 1 aromatic carbocycles. The molecule has 0 aliphatic carbocycles. The van der Waals surface area contributed by atoms with Crippen molar-refractivity contribution in [2.75, 3.05) is 13.2 Å². The van der Waals surface area contributed by atoms with E-state index in [-0.39, 0.29) is 0 Å². The molecular weight excluding hydrogens is 216 g/mol. The fraction of sp³-hybridized carbons (Fsp3) is 0.308. The second kappa shape index (κ2) is 6.06. The zero-order valence-corrected chi connectivity index (χ0v) is 9.85. The lowest BCUT2D eigenvalue weighted by molar-refractivity contribution is 0.310. The number of aromatic nitrogens is 1. The molecule has 4 heteroatoms. The Labute approximate surface area is 101 Å². The number of aryl methyl sites for hydroxylation is 1. The van der Waals surface area contributed by atoms with Gasteiger partial charge in [0.25, 0.3) is 0 Å². The van der Waals surface area contributed by atoms with Gasteiger partial charge in [0.2, 0.25) is 5.89 Å². The Kier molecular flexibility index (Phi) is 4.16. The largest absolute Gasteiger partial charge is 0.492 e. The Bertz CT molecular complexity index is 440. The van der Waals surface area contributed by atoms with Crippen LogP contribution in [0.5, 0.6) is 5.75 Å². The first kappa shape index (κ1) is 11.7. The zero-order chi connectivity index (χ0) is 11.9. The van der Waals surface area contributed by atoms with Gasteiger partial charge in [0, 0.05) is 6.54 Å². The summed E-state index contributed by atoms with van der Waals surface area (Å²) in [6.45, 7) is 3.90. The molecule has 1 heterocycles. The lowest BCUT2D eigenvalue weighted by atomic mass is 10.3. The minimum absolute atomic E-state index is 0.629. The van der Waals surface area contributed by atoms with Crippen LogP contribution in [0.3, 0.4) is 0 Å². The number of ether oxygens (including phenoxy) is 1. The molecule has 0 radical (unpaired) electrons. The van der Waals surface area contributed by atoms with Crippen molar-refractivity contribution in [3.05, 3.63) is 48.2 Å². The summed E-state index contributed by atoms with van der Waals surface area (Å²) in [7, 11) is 0. The van der Waals surface area contributed by atoms with Crippen molar-refractivity contribution in [3.8, 4) is 5.75 Å². The van der Waals surface area contributed by atoms with Gasteiger partial charge >= 0.3 is 0 Å². The molecule has 17 heavy (non-hydrogen) atoms. The van der Waals surface area contributed by atoms with Crippen LogP contribution in [0, 0.1) is 6.92 Å². The van der Waals surface area contributed by atoms with Crippen molar-refractivity contribution in [1.29, 1.82) is 0 Å². The van der Waals surface area contributed by atoms with Crippen LogP contribution in [0.1, 0.15) is 11.7 Å². The van der Waals surface area contributed by atoms with Crippen molar-refractivity contribution < 1.29 is 9.15 Å². The maximum Gasteiger partial charge on any atom is 0.208 e. The third kappa shape index (κ3) is 3.92. The average Bonchev–Trinajstić information content (AvgIpc) is 2.76. The third-order valence-corrected chi connectivity index (χ3v) is 2.24. The van der Waals surface area contributed by atoms with Crippen LogP contribution in [0.2, 0.25) is 0 Å². The van der Waals surface area contributed by atoms with E-state index >= 15 is 0 Å². The SMILES string of the molecule is Cc1cnc(CNCCOc2ccccc2)o1. The van der Waals surface area contributed by atoms with E-state index in [1.54, 1.807) is 6.20 Å². The fourth-order valence-corrected chi connectivity index (χ4v) is 1.44. The first-order chi connectivity index (χ1) is 8.34. The molecule has 0 spiro atoms. The number of benzene rings is 1. The highest BCUT2D eigenvalue weighted by Gasteiger charge is 1.99. The summed E-state index contributed by atoms with van der Waals surface area (Å²) >= 11 is 0. The molecular formula is C13H16N2O2. The van der Waals surface area contributed by atoms with Gasteiger partial charge in [-0.2, -0.15) is 0 Å². The maximum atomic E-state index is 5.54.